The second-order valence-electron chi connectivity index (χ2n) is 6.74. The standard InChI is InChI=1S/C22H26ClFN2O2/c1-3-4-12-25-22(28)16(2)26(15-18-9-5-6-11-20(18)24)21(27)14-17-8-7-10-19(23)13-17/h5-11,13,16H,3-4,12,14-15H2,1-2H3,(H,25,28). The van der Waals surface area contributed by atoms with Crippen LogP contribution >= 0.6 is 11.6 Å². The summed E-state index contributed by atoms with van der Waals surface area (Å²) in [7, 11) is 0. The molecule has 4 nitrogen and oxygen atoms in total. The predicted octanol–water partition coefficient (Wildman–Crippen LogP) is 4.36. The largest absolute Gasteiger partial charge is 0.354 e. The lowest BCUT2D eigenvalue weighted by atomic mass is 10.1. The molecule has 1 atom stereocenters. The molecule has 0 aliphatic rings. The van der Waals surface area contributed by atoms with E-state index in [2.05, 4.69) is 5.32 Å². The summed E-state index contributed by atoms with van der Waals surface area (Å²) in [6.45, 7) is 4.27. The van der Waals surface area contributed by atoms with Crippen molar-refractivity contribution in [2.24, 2.45) is 0 Å². The Morgan fingerprint density at radius 2 is 1.93 bits per heavy atom. The minimum atomic E-state index is -0.719. The molecule has 2 rings (SSSR count). The maximum atomic E-state index is 14.2. The number of nitrogens with one attached hydrogen (secondary N) is 1. The van der Waals surface area contributed by atoms with Gasteiger partial charge >= 0.3 is 0 Å². The summed E-state index contributed by atoms with van der Waals surface area (Å²) in [5, 5.41) is 3.38. The Hall–Kier alpha value is -2.40. The van der Waals surface area contributed by atoms with Crippen molar-refractivity contribution in [3.05, 3.63) is 70.5 Å². The van der Waals surface area contributed by atoms with Crippen LogP contribution in [-0.2, 0) is 22.6 Å². The van der Waals surface area contributed by atoms with Crippen molar-refractivity contribution in [2.75, 3.05) is 6.54 Å². The van der Waals surface area contributed by atoms with Gasteiger partial charge in [0.15, 0.2) is 0 Å². The molecule has 0 aromatic heterocycles. The molecule has 1 N–H and O–H groups in total. The summed E-state index contributed by atoms with van der Waals surface area (Å²) in [5.41, 5.74) is 1.12. The number of rotatable bonds is 9. The predicted molar refractivity (Wildman–Crippen MR) is 109 cm³/mol. The van der Waals surface area contributed by atoms with Crippen molar-refractivity contribution in [1.29, 1.82) is 0 Å². The summed E-state index contributed by atoms with van der Waals surface area (Å²) in [4.78, 5) is 26.9. The molecule has 28 heavy (non-hydrogen) atoms. The van der Waals surface area contributed by atoms with Crippen molar-refractivity contribution in [3.63, 3.8) is 0 Å². The van der Waals surface area contributed by atoms with Crippen molar-refractivity contribution in [1.82, 2.24) is 10.2 Å². The smallest absolute Gasteiger partial charge is 0.242 e. The average molecular weight is 405 g/mol. The van der Waals surface area contributed by atoms with Crippen LogP contribution in [-0.4, -0.2) is 29.3 Å². The maximum Gasteiger partial charge on any atom is 0.242 e. The van der Waals surface area contributed by atoms with Gasteiger partial charge in [0.2, 0.25) is 11.8 Å². The third-order valence-electron chi connectivity index (χ3n) is 4.54. The van der Waals surface area contributed by atoms with E-state index in [1.165, 1.54) is 11.0 Å². The van der Waals surface area contributed by atoms with Crippen LogP contribution in [0.15, 0.2) is 48.5 Å². The molecule has 1 unspecified atom stereocenters. The van der Waals surface area contributed by atoms with Crippen LogP contribution in [0, 0.1) is 5.82 Å². The zero-order valence-electron chi connectivity index (χ0n) is 16.3. The summed E-state index contributed by atoms with van der Waals surface area (Å²) in [5.74, 6) is -0.908. The number of halogens is 2. The third kappa shape index (κ3) is 6.34. The van der Waals surface area contributed by atoms with E-state index in [1.54, 1.807) is 49.4 Å². The zero-order valence-corrected chi connectivity index (χ0v) is 17.0. The Bertz CT molecular complexity index is 813. The van der Waals surface area contributed by atoms with Gasteiger partial charge < -0.3 is 10.2 Å². The van der Waals surface area contributed by atoms with Crippen LogP contribution < -0.4 is 5.32 Å². The Kier molecular flexibility index (Phi) is 8.45. The number of benzene rings is 2. The first-order chi connectivity index (χ1) is 13.4. The zero-order chi connectivity index (χ0) is 20.5. The van der Waals surface area contributed by atoms with Gasteiger partial charge in [0.1, 0.15) is 11.9 Å². The maximum absolute atomic E-state index is 14.2. The summed E-state index contributed by atoms with van der Waals surface area (Å²) >= 11 is 6.00. The van der Waals surface area contributed by atoms with Gasteiger partial charge in [-0.25, -0.2) is 4.39 Å². The van der Waals surface area contributed by atoms with E-state index < -0.39 is 11.9 Å². The van der Waals surface area contributed by atoms with E-state index >= 15 is 0 Å². The number of hydrogen-bond donors (Lipinski definition) is 1. The minimum Gasteiger partial charge on any atom is -0.354 e. The van der Waals surface area contributed by atoms with Gasteiger partial charge in [0, 0.05) is 23.7 Å². The number of carbonyl (C=O) groups is 2. The molecule has 0 saturated carbocycles. The molecule has 150 valence electrons. The van der Waals surface area contributed by atoms with Crippen molar-refractivity contribution in [2.45, 2.75) is 45.7 Å². The molecular weight excluding hydrogens is 379 g/mol. The van der Waals surface area contributed by atoms with Gasteiger partial charge in [-0.1, -0.05) is 55.3 Å². The van der Waals surface area contributed by atoms with Crippen LogP contribution in [0.1, 0.15) is 37.8 Å². The molecule has 0 fully saturated rings. The van der Waals surface area contributed by atoms with Gasteiger partial charge in [-0.3, -0.25) is 9.59 Å². The van der Waals surface area contributed by atoms with Gasteiger partial charge in [-0.15, -0.1) is 0 Å². The molecule has 0 spiro atoms. The number of carbonyl (C=O) groups excluding carboxylic acids is 2. The van der Waals surface area contributed by atoms with Gasteiger partial charge in [0.05, 0.1) is 6.42 Å². The summed E-state index contributed by atoms with van der Waals surface area (Å²) in [6, 6.07) is 12.6. The first-order valence-corrected chi connectivity index (χ1v) is 9.85. The number of nitrogens with zero attached hydrogens (tertiary/aromatic N) is 1. The Morgan fingerprint density at radius 1 is 1.18 bits per heavy atom. The second kappa shape index (κ2) is 10.8. The van der Waals surface area contributed by atoms with E-state index in [4.69, 9.17) is 11.6 Å². The molecule has 2 aromatic rings. The second-order valence-corrected chi connectivity index (χ2v) is 7.18. The van der Waals surface area contributed by atoms with Crippen LogP contribution in [0.2, 0.25) is 5.02 Å². The molecule has 0 bridgehead atoms. The number of amides is 2. The normalized spacial score (nSPS) is 11.7. The first-order valence-electron chi connectivity index (χ1n) is 9.47. The van der Waals surface area contributed by atoms with Gasteiger partial charge in [-0.2, -0.15) is 0 Å². The summed E-state index contributed by atoms with van der Waals surface area (Å²) < 4.78 is 14.2. The van der Waals surface area contributed by atoms with Crippen molar-refractivity contribution < 1.29 is 14.0 Å². The fourth-order valence-corrected chi connectivity index (χ4v) is 3.06. The Morgan fingerprint density at radius 3 is 2.61 bits per heavy atom. The lowest BCUT2D eigenvalue weighted by Crippen LogP contribution is -2.48. The SMILES string of the molecule is CCCCNC(=O)C(C)N(Cc1ccccc1F)C(=O)Cc1cccc(Cl)c1. The highest BCUT2D eigenvalue weighted by Gasteiger charge is 2.26. The molecule has 2 amide bonds. The van der Waals surface area contributed by atoms with Crippen LogP contribution in [0.4, 0.5) is 4.39 Å². The van der Waals surface area contributed by atoms with Gasteiger partial charge in [0.25, 0.3) is 0 Å². The van der Waals surface area contributed by atoms with E-state index in [1.807, 2.05) is 6.92 Å². The van der Waals surface area contributed by atoms with Crippen LogP contribution in [0.3, 0.4) is 0 Å². The topological polar surface area (TPSA) is 49.4 Å². The van der Waals surface area contributed by atoms with E-state index in [9.17, 15) is 14.0 Å². The van der Waals surface area contributed by atoms with Crippen LogP contribution in [0.25, 0.3) is 0 Å². The molecule has 0 saturated heterocycles. The highest BCUT2D eigenvalue weighted by atomic mass is 35.5. The van der Waals surface area contributed by atoms with E-state index in [0.717, 1.165) is 18.4 Å². The lowest BCUT2D eigenvalue weighted by Gasteiger charge is -2.29. The fourth-order valence-electron chi connectivity index (χ4n) is 2.85. The first kappa shape index (κ1) is 21.9. The van der Waals surface area contributed by atoms with E-state index in [-0.39, 0.29) is 24.8 Å². The molecule has 0 radical (unpaired) electrons. The minimum absolute atomic E-state index is 0.0223. The average Bonchev–Trinajstić information content (AvgIpc) is 2.67. The quantitative estimate of drug-likeness (QED) is 0.631. The highest BCUT2D eigenvalue weighted by Crippen LogP contribution is 2.16. The number of unbranched alkanes of at least 4 members (excludes halogenated alkanes) is 1. The lowest BCUT2D eigenvalue weighted by molar-refractivity contribution is -0.140. The van der Waals surface area contributed by atoms with Crippen LogP contribution in [0.5, 0.6) is 0 Å². The van der Waals surface area contributed by atoms with Crippen molar-refractivity contribution >= 4 is 23.4 Å². The van der Waals surface area contributed by atoms with E-state index in [0.29, 0.717) is 17.1 Å². The Balaban J connectivity index is 2.20. The van der Waals surface area contributed by atoms with Crippen molar-refractivity contribution in [3.8, 4) is 0 Å². The van der Waals surface area contributed by atoms with Gasteiger partial charge in [-0.05, 0) is 37.1 Å². The molecule has 0 heterocycles. The summed E-state index contributed by atoms with van der Waals surface area (Å²) in [6.07, 6.45) is 1.91. The fraction of sp³-hybridized carbons (Fsp3) is 0.364. The Labute approximate surface area is 170 Å². The molecular formula is C22H26ClFN2O2. The monoisotopic (exact) mass is 404 g/mol. The molecule has 2 aromatic carbocycles. The molecule has 0 aliphatic carbocycles. The third-order valence-corrected chi connectivity index (χ3v) is 4.77. The highest BCUT2D eigenvalue weighted by molar-refractivity contribution is 6.30. The molecule has 0 aliphatic heterocycles. The number of hydrogen-bond acceptors (Lipinski definition) is 2. The molecule has 6 heteroatoms.